The molecule has 0 spiro atoms. The summed E-state index contributed by atoms with van der Waals surface area (Å²) in [4.78, 5) is 2.16. The minimum absolute atomic E-state index is 0.0955. The summed E-state index contributed by atoms with van der Waals surface area (Å²) in [5, 5.41) is 11.3. The second kappa shape index (κ2) is 7.36. The summed E-state index contributed by atoms with van der Waals surface area (Å²) in [6.45, 7) is 10.5. The molecule has 1 unspecified atom stereocenters. The molecule has 0 aliphatic carbocycles. The van der Waals surface area contributed by atoms with Crippen LogP contribution in [0.5, 0.6) is 0 Å². The maximum Gasteiger partial charge on any atom is 0.318 e. The number of rotatable bonds is 8. The summed E-state index contributed by atoms with van der Waals surface area (Å²) in [6, 6.07) is 0.736. The van der Waals surface area contributed by atoms with Crippen molar-refractivity contribution in [2.45, 2.75) is 46.6 Å². The van der Waals surface area contributed by atoms with Crippen LogP contribution in [0.15, 0.2) is 4.42 Å². The van der Waals surface area contributed by atoms with E-state index in [4.69, 9.17) is 4.42 Å². The number of hydrogen-bond acceptors (Lipinski definition) is 5. The first kappa shape index (κ1) is 15.0. The van der Waals surface area contributed by atoms with Gasteiger partial charge >= 0.3 is 6.01 Å². The van der Waals surface area contributed by atoms with E-state index < -0.39 is 0 Å². The molecule has 0 aliphatic rings. The van der Waals surface area contributed by atoms with Crippen molar-refractivity contribution in [1.82, 2.24) is 15.5 Å². The highest BCUT2D eigenvalue weighted by Gasteiger charge is 2.18. The third-order valence-corrected chi connectivity index (χ3v) is 3.52. The van der Waals surface area contributed by atoms with Gasteiger partial charge in [-0.2, -0.15) is 0 Å². The Hall–Kier alpha value is -1.10. The number of nitrogens with zero attached hydrogens (tertiary/aromatic N) is 3. The Kier molecular flexibility index (Phi) is 6.12. The summed E-state index contributed by atoms with van der Waals surface area (Å²) in [5.41, 5.74) is 0. The normalized spacial score (nSPS) is 13.0. The Balaban J connectivity index is 2.73. The fourth-order valence-corrected chi connectivity index (χ4v) is 1.85. The second-order valence-corrected chi connectivity index (χ2v) is 4.65. The van der Waals surface area contributed by atoms with E-state index in [1.165, 1.54) is 12.8 Å². The van der Waals surface area contributed by atoms with Crippen molar-refractivity contribution < 1.29 is 4.42 Å². The molecule has 0 fully saturated rings. The molecule has 0 radical (unpaired) electrons. The summed E-state index contributed by atoms with van der Waals surface area (Å²) < 4.78 is 5.72. The largest absolute Gasteiger partial charge is 0.406 e. The fraction of sp³-hybridized carbons (Fsp3) is 0.846. The van der Waals surface area contributed by atoms with E-state index in [2.05, 4.69) is 41.2 Å². The summed E-state index contributed by atoms with van der Waals surface area (Å²) in [5.74, 6) is 1.33. The van der Waals surface area contributed by atoms with Crippen molar-refractivity contribution >= 4 is 6.01 Å². The van der Waals surface area contributed by atoms with Crippen molar-refractivity contribution in [3.63, 3.8) is 0 Å². The lowest BCUT2D eigenvalue weighted by Crippen LogP contribution is -2.29. The molecule has 0 saturated heterocycles. The number of anilines is 1. The van der Waals surface area contributed by atoms with Gasteiger partial charge in [0.1, 0.15) is 0 Å². The number of nitrogens with one attached hydrogen (secondary N) is 1. The molecule has 0 aliphatic heterocycles. The molecular formula is C13H26N4O. The van der Waals surface area contributed by atoms with E-state index in [1.807, 2.05) is 14.0 Å². The molecule has 5 nitrogen and oxygen atoms in total. The van der Waals surface area contributed by atoms with E-state index in [-0.39, 0.29) is 6.04 Å². The molecule has 0 amide bonds. The zero-order valence-corrected chi connectivity index (χ0v) is 12.2. The highest BCUT2D eigenvalue weighted by Crippen LogP contribution is 2.19. The smallest absolute Gasteiger partial charge is 0.318 e. The zero-order chi connectivity index (χ0) is 13.5. The highest BCUT2D eigenvalue weighted by molar-refractivity contribution is 5.23. The summed E-state index contributed by atoms with van der Waals surface area (Å²) in [7, 11) is 1.89. The van der Waals surface area contributed by atoms with Crippen molar-refractivity contribution in [1.29, 1.82) is 0 Å². The van der Waals surface area contributed by atoms with Crippen molar-refractivity contribution in [2.24, 2.45) is 5.92 Å². The minimum atomic E-state index is 0.0955. The van der Waals surface area contributed by atoms with E-state index in [0.717, 1.165) is 13.1 Å². The van der Waals surface area contributed by atoms with Crippen molar-refractivity contribution in [3.8, 4) is 0 Å². The Morgan fingerprint density at radius 1 is 1.22 bits per heavy atom. The molecule has 1 aromatic heterocycles. The Bertz CT molecular complexity index is 335. The van der Waals surface area contributed by atoms with Gasteiger partial charge in [0.15, 0.2) is 0 Å². The third kappa shape index (κ3) is 3.70. The van der Waals surface area contributed by atoms with Crippen LogP contribution in [0.1, 0.15) is 52.5 Å². The van der Waals surface area contributed by atoms with Gasteiger partial charge in [0.25, 0.3) is 0 Å². The zero-order valence-electron chi connectivity index (χ0n) is 12.2. The molecule has 5 heteroatoms. The van der Waals surface area contributed by atoms with Crippen LogP contribution in [0.2, 0.25) is 0 Å². The maximum atomic E-state index is 5.72. The van der Waals surface area contributed by atoms with E-state index in [9.17, 15) is 0 Å². The topological polar surface area (TPSA) is 54.2 Å². The van der Waals surface area contributed by atoms with Gasteiger partial charge in [0, 0.05) is 13.1 Å². The quantitative estimate of drug-likeness (QED) is 0.773. The SMILES string of the molecule is CCC(CC)CN(CC)c1nnc(C(C)NC)o1. The molecular weight excluding hydrogens is 228 g/mol. The lowest BCUT2D eigenvalue weighted by Gasteiger charge is -2.23. The molecule has 1 aromatic rings. The van der Waals surface area contributed by atoms with Crippen LogP contribution in [0, 0.1) is 5.92 Å². The first-order chi connectivity index (χ1) is 8.65. The van der Waals surface area contributed by atoms with Crippen LogP contribution in [-0.4, -0.2) is 30.3 Å². The lowest BCUT2D eigenvalue weighted by atomic mass is 10.0. The molecule has 1 atom stereocenters. The van der Waals surface area contributed by atoms with Crippen LogP contribution < -0.4 is 10.2 Å². The van der Waals surface area contributed by atoms with E-state index in [1.54, 1.807) is 0 Å². The first-order valence-corrected chi connectivity index (χ1v) is 6.91. The van der Waals surface area contributed by atoms with Gasteiger partial charge in [-0.3, -0.25) is 0 Å². The second-order valence-electron chi connectivity index (χ2n) is 4.65. The number of aromatic nitrogens is 2. The van der Waals surface area contributed by atoms with E-state index in [0.29, 0.717) is 17.8 Å². The maximum absolute atomic E-state index is 5.72. The minimum Gasteiger partial charge on any atom is -0.406 e. The van der Waals surface area contributed by atoms with Crippen LogP contribution in [-0.2, 0) is 0 Å². The van der Waals surface area contributed by atoms with Crippen LogP contribution in [0.25, 0.3) is 0 Å². The molecule has 1 rings (SSSR count). The summed E-state index contributed by atoms with van der Waals surface area (Å²) >= 11 is 0. The van der Waals surface area contributed by atoms with Crippen LogP contribution >= 0.6 is 0 Å². The van der Waals surface area contributed by atoms with Gasteiger partial charge in [-0.05, 0) is 26.8 Å². The first-order valence-electron chi connectivity index (χ1n) is 6.91. The number of hydrogen-bond donors (Lipinski definition) is 1. The van der Waals surface area contributed by atoms with E-state index >= 15 is 0 Å². The highest BCUT2D eigenvalue weighted by atomic mass is 16.4. The van der Waals surface area contributed by atoms with Crippen LogP contribution in [0.3, 0.4) is 0 Å². The molecule has 104 valence electrons. The molecule has 1 N–H and O–H groups in total. The van der Waals surface area contributed by atoms with Gasteiger partial charge in [-0.1, -0.05) is 31.8 Å². The summed E-state index contributed by atoms with van der Waals surface area (Å²) in [6.07, 6.45) is 2.36. The predicted octanol–water partition coefficient (Wildman–Crippen LogP) is 2.61. The van der Waals surface area contributed by atoms with Gasteiger partial charge < -0.3 is 14.6 Å². The molecule has 0 saturated carbocycles. The fourth-order valence-electron chi connectivity index (χ4n) is 1.85. The van der Waals surface area contributed by atoms with Gasteiger partial charge in [0.05, 0.1) is 6.04 Å². The Morgan fingerprint density at radius 2 is 1.89 bits per heavy atom. The van der Waals surface area contributed by atoms with Gasteiger partial charge in [-0.15, -0.1) is 5.10 Å². The average Bonchev–Trinajstić information content (AvgIpc) is 2.89. The lowest BCUT2D eigenvalue weighted by molar-refractivity contribution is 0.414. The molecule has 1 heterocycles. The molecule has 0 aromatic carbocycles. The third-order valence-electron chi connectivity index (χ3n) is 3.52. The van der Waals surface area contributed by atoms with Gasteiger partial charge in [0.2, 0.25) is 5.89 Å². The Morgan fingerprint density at radius 3 is 2.39 bits per heavy atom. The van der Waals surface area contributed by atoms with Crippen LogP contribution in [0.4, 0.5) is 6.01 Å². The molecule has 0 bridgehead atoms. The Labute approximate surface area is 110 Å². The monoisotopic (exact) mass is 254 g/mol. The van der Waals surface area contributed by atoms with Gasteiger partial charge in [-0.25, -0.2) is 0 Å². The van der Waals surface area contributed by atoms with Crippen molar-refractivity contribution in [3.05, 3.63) is 5.89 Å². The molecule has 18 heavy (non-hydrogen) atoms. The predicted molar refractivity (Wildman–Crippen MR) is 73.7 cm³/mol. The standard InChI is InChI=1S/C13H26N4O/c1-6-11(7-2)9-17(8-3)13-16-15-12(18-13)10(4)14-5/h10-11,14H,6-9H2,1-5H3. The average molecular weight is 254 g/mol. The van der Waals surface area contributed by atoms with Crippen molar-refractivity contribution in [2.75, 3.05) is 25.0 Å².